The Balaban J connectivity index is 1.45. The summed E-state index contributed by atoms with van der Waals surface area (Å²) in [5.41, 5.74) is 1.56. The summed E-state index contributed by atoms with van der Waals surface area (Å²) in [5.74, 6) is -1.29. The van der Waals surface area contributed by atoms with Crippen molar-refractivity contribution in [1.29, 1.82) is 0 Å². The van der Waals surface area contributed by atoms with Gasteiger partial charge in [-0.25, -0.2) is 0 Å². The number of esters is 1. The molecule has 7 heteroatoms. The zero-order chi connectivity index (χ0) is 20.1. The molecule has 1 aliphatic rings. The van der Waals surface area contributed by atoms with Gasteiger partial charge in [0.25, 0.3) is 11.8 Å². The predicted molar refractivity (Wildman–Crippen MR) is 102 cm³/mol. The molecule has 2 atom stereocenters. The number of amides is 2. The number of carbonyl (C=O) groups excluding carboxylic acids is 3. The molecule has 3 rings (SSSR count). The van der Waals surface area contributed by atoms with E-state index in [1.54, 1.807) is 31.2 Å². The smallest absolute Gasteiger partial charge is 0.323 e. The van der Waals surface area contributed by atoms with Gasteiger partial charge in [-0.3, -0.25) is 19.3 Å². The lowest BCUT2D eigenvalue weighted by molar-refractivity contribution is -0.147. The first-order valence-corrected chi connectivity index (χ1v) is 9.04. The van der Waals surface area contributed by atoms with Crippen molar-refractivity contribution in [2.24, 2.45) is 0 Å². The van der Waals surface area contributed by atoms with Crippen LogP contribution in [-0.4, -0.2) is 53.0 Å². The van der Waals surface area contributed by atoms with Crippen molar-refractivity contribution in [2.45, 2.75) is 25.7 Å². The van der Waals surface area contributed by atoms with Gasteiger partial charge in [0.2, 0.25) is 0 Å². The highest BCUT2D eigenvalue weighted by Gasteiger charge is 2.36. The lowest BCUT2D eigenvalue weighted by atomic mass is 10.1. The number of benzene rings is 2. The van der Waals surface area contributed by atoms with Gasteiger partial charge in [0.15, 0.2) is 0 Å². The summed E-state index contributed by atoms with van der Waals surface area (Å²) in [6, 6.07) is 15.2. The molecule has 0 saturated carbocycles. The molecule has 1 aliphatic heterocycles. The third-order valence-corrected chi connectivity index (χ3v) is 4.51. The zero-order valence-corrected chi connectivity index (χ0v) is 15.5. The lowest BCUT2D eigenvalue weighted by Crippen LogP contribution is -2.45. The number of fused-ring (bicyclic) bond motifs is 1. The Morgan fingerprint density at radius 1 is 1.04 bits per heavy atom. The molecule has 0 radical (unpaired) electrons. The normalized spacial score (nSPS) is 15.3. The minimum atomic E-state index is -1.01. The average molecular weight is 382 g/mol. The van der Waals surface area contributed by atoms with E-state index in [2.05, 4.69) is 5.32 Å². The molecule has 146 valence electrons. The summed E-state index contributed by atoms with van der Waals surface area (Å²) in [6.45, 7) is 1.69. The predicted octanol–water partition coefficient (Wildman–Crippen LogP) is 1.36. The Morgan fingerprint density at radius 2 is 1.61 bits per heavy atom. The van der Waals surface area contributed by atoms with E-state index in [1.807, 2.05) is 30.3 Å². The molecule has 0 spiro atoms. The summed E-state index contributed by atoms with van der Waals surface area (Å²) in [4.78, 5) is 37.7. The third kappa shape index (κ3) is 4.44. The van der Waals surface area contributed by atoms with Crippen LogP contribution in [0.15, 0.2) is 54.6 Å². The second-order valence-electron chi connectivity index (χ2n) is 6.64. The van der Waals surface area contributed by atoms with Crippen LogP contribution in [0, 0.1) is 0 Å². The Kier molecular flexibility index (Phi) is 6.18. The van der Waals surface area contributed by atoms with Crippen LogP contribution in [0.1, 0.15) is 33.2 Å². The lowest BCUT2D eigenvalue weighted by Gasteiger charge is -2.20. The molecule has 0 aromatic heterocycles. The highest BCUT2D eigenvalue weighted by atomic mass is 16.5. The first-order chi connectivity index (χ1) is 13.5. The fourth-order valence-corrected chi connectivity index (χ4v) is 2.93. The molecule has 7 nitrogen and oxygen atoms in total. The van der Waals surface area contributed by atoms with Gasteiger partial charge in [-0.05, 0) is 24.6 Å². The average Bonchev–Trinajstić information content (AvgIpc) is 2.96. The fraction of sp³-hybridized carbons (Fsp3) is 0.286. The number of nitrogens with zero attached hydrogens (tertiary/aromatic N) is 1. The number of aliphatic hydroxyl groups is 1. The molecule has 2 N–H and O–H groups in total. The van der Waals surface area contributed by atoms with Gasteiger partial charge >= 0.3 is 5.97 Å². The second kappa shape index (κ2) is 8.77. The van der Waals surface area contributed by atoms with Crippen molar-refractivity contribution in [3.63, 3.8) is 0 Å². The maximum Gasteiger partial charge on any atom is 0.323 e. The summed E-state index contributed by atoms with van der Waals surface area (Å²) >= 11 is 0. The van der Waals surface area contributed by atoms with Gasteiger partial charge < -0.3 is 15.2 Å². The molecule has 2 amide bonds. The number of β-amino-alcohol motifs (C(OH)–C–C–N with tert-alkyl or cyclic N) is 1. The van der Waals surface area contributed by atoms with Gasteiger partial charge in [-0.2, -0.15) is 0 Å². The summed E-state index contributed by atoms with van der Waals surface area (Å²) in [7, 11) is 0. The molecule has 0 fully saturated rings. The van der Waals surface area contributed by atoms with Crippen LogP contribution in [0.2, 0.25) is 0 Å². The molecule has 0 saturated heterocycles. The number of ether oxygens (including phenoxy) is 1. The first-order valence-electron chi connectivity index (χ1n) is 9.04. The van der Waals surface area contributed by atoms with Crippen LogP contribution >= 0.6 is 0 Å². The van der Waals surface area contributed by atoms with E-state index >= 15 is 0 Å². The highest BCUT2D eigenvalue weighted by Crippen LogP contribution is 2.22. The number of nitrogens with one attached hydrogen (secondary N) is 1. The number of hydrogen-bond acceptors (Lipinski definition) is 6. The highest BCUT2D eigenvalue weighted by molar-refractivity contribution is 6.21. The Bertz CT molecular complexity index is 833. The molecular weight excluding hydrogens is 360 g/mol. The van der Waals surface area contributed by atoms with Crippen LogP contribution in [0.5, 0.6) is 0 Å². The molecular formula is C21H22N2O5. The van der Waals surface area contributed by atoms with Crippen LogP contribution in [-0.2, 0) is 16.1 Å². The van der Waals surface area contributed by atoms with Gasteiger partial charge in [-0.15, -0.1) is 0 Å². The molecule has 2 aromatic carbocycles. The van der Waals surface area contributed by atoms with Crippen LogP contribution in [0.4, 0.5) is 0 Å². The Morgan fingerprint density at radius 3 is 2.21 bits per heavy atom. The Hall–Kier alpha value is -3.03. The Labute approximate surface area is 162 Å². The van der Waals surface area contributed by atoms with Crippen LogP contribution < -0.4 is 5.32 Å². The van der Waals surface area contributed by atoms with E-state index in [0.717, 1.165) is 10.5 Å². The number of aliphatic hydroxyl groups excluding tert-OH is 1. The van der Waals surface area contributed by atoms with E-state index in [1.165, 1.54) is 0 Å². The van der Waals surface area contributed by atoms with E-state index in [-0.39, 0.29) is 19.7 Å². The van der Waals surface area contributed by atoms with Crippen molar-refractivity contribution >= 4 is 17.8 Å². The van der Waals surface area contributed by atoms with E-state index in [4.69, 9.17) is 4.74 Å². The maximum absolute atomic E-state index is 12.3. The van der Waals surface area contributed by atoms with Crippen LogP contribution in [0.3, 0.4) is 0 Å². The number of carbonyl (C=O) groups is 3. The van der Waals surface area contributed by atoms with Gasteiger partial charge in [0.1, 0.15) is 12.6 Å². The van der Waals surface area contributed by atoms with Crippen molar-refractivity contribution in [2.75, 3.05) is 13.1 Å². The first kappa shape index (κ1) is 19.7. The summed E-state index contributed by atoms with van der Waals surface area (Å²) < 4.78 is 5.23. The summed E-state index contributed by atoms with van der Waals surface area (Å²) in [5, 5.41) is 13.1. The molecule has 28 heavy (non-hydrogen) atoms. The zero-order valence-electron chi connectivity index (χ0n) is 15.5. The minimum absolute atomic E-state index is 0.0367. The maximum atomic E-state index is 12.3. The SMILES string of the molecule is C[C@H](NCC(O)CN1C(=O)c2ccccc2C1=O)C(=O)OCc1ccccc1. The molecule has 1 unspecified atom stereocenters. The topological polar surface area (TPSA) is 95.9 Å². The molecule has 0 bridgehead atoms. The number of rotatable bonds is 8. The van der Waals surface area contributed by atoms with E-state index in [9.17, 15) is 19.5 Å². The molecule has 0 aliphatic carbocycles. The van der Waals surface area contributed by atoms with Crippen LogP contribution in [0.25, 0.3) is 0 Å². The third-order valence-electron chi connectivity index (χ3n) is 4.51. The second-order valence-corrected chi connectivity index (χ2v) is 6.64. The number of hydrogen-bond donors (Lipinski definition) is 2. The largest absolute Gasteiger partial charge is 0.460 e. The van der Waals surface area contributed by atoms with Crippen molar-refractivity contribution in [1.82, 2.24) is 10.2 Å². The molecule has 1 heterocycles. The fourth-order valence-electron chi connectivity index (χ4n) is 2.93. The van der Waals surface area contributed by atoms with Crippen molar-refractivity contribution in [3.8, 4) is 0 Å². The quantitative estimate of drug-likeness (QED) is 0.529. The van der Waals surface area contributed by atoms with Gasteiger partial charge in [0, 0.05) is 6.54 Å². The standard InChI is InChI=1S/C21H22N2O5/c1-14(21(27)28-13-15-7-3-2-4-8-15)22-11-16(24)12-23-19(25)17-9-5-6-10-18(17)20(23)26/h2-10,14,16,22,24H,11-13H2,1H3/t14-,16?/m0/s1. The monoisotopic (exact) mass is 382 g/mol. The molecule has 2 aromatic rings. The van der Waals surface area contributed by atoms with Gasteiger partial charge in [-0.1, -0.05) is 42.5 Å². The van der Waals surface area contributed by atoms with Crippen molar-refractivity contribution < 1.29 is 24.2 Å². The minimum Gasteiger partial charge on any atom is -0.460 e. The number of imide groups is 1. The van der Waals surface area contributed by atoms with E-state index < -0.39 is 29.9 Å². The van der Waals surface area contributed by atoms with Crippen molar-refractivity contribution in [3.05, 3.63) is 71.3 Å². The summed E-state index contributed by atoms with van der Waals surface area (Å²) in [6.07, 6.45) is -1.01. The van der Waals surface area contributed by atoms with E-state index in [0.29, 0.717) is 11.1 Å². The van der Waals surface area contributed by atoms with Gasteiger partial charge in [0.05, 0.1) is 23.8 Å².